The molecule has 0 saturated carbocycles. The molecule has 1 aromatic heterocycles. The topological polar surface area (TPSA) is 68.0 Å². The quantitative estimate of drug-likeness (QED) is 0.853. The fraction of sp³-hybridized carbons (Fsp3) is 0.471. The highest BCUT2D eigenvalue weighted by Crippen LogP contribution is 2.18. The Kier molecular flexibility index (Phi) is 5.69. The van der Waals surface area contributed by atoms with E-state index in [0.717, 1.165) is 24.0 Å². The molecule has 0 fully saturated rings. The maximum atomic E-state index is 11.9. The number of carbonyl (C=O) groups is 1. The van der Waals surface area contributed by atoms with Crippen molar-refractivity contribution in [2.75, 3.05) is 6.54 Å². The molecule has 0 aliphatic carbocycles. The Morgan fingerprint density at radius 3 is 2.73 bits per heavy atom. The van der Waals surface area contributed by atoms with Gasteiger partial charge in [0.15, 0.2) is 0 Å². The summed E-state index contributed by atoms with van der Waals surface area (Å²) in [5.41, 5.74) is 2.06. The van der Waals surface area contributed by atoms with Crippen molar-refractivity contribution >= 4 is 5.91 Å². The van der Waals surface area contributed by atoms with Gasteiger partial charge < -0.3 is 9.73 Å². The molecule has 0 bridgehead atoms. The molecule has 1 amide bonds. The van der Waals surface area contributed by atoms with Gasteiger partial charge in [-0.05, 0) is 31.9 Å². The number of benzene rings is 1. The molecule has 22 heavy (non-hydrogen) atoms. The van der Waals surface area contributed by atoms with Crippen molar-refractivity contribution in [1.82, 2.24) is 15.5 Å². The zero-order valence-electron chi connectivity index (χ0n) is 13.4. The maximum Gasteiger partial charge on any atom is 0.247 e. The van der Waals surface area contributed by atoms with Gasteiger partial charge in [-0.25, -0.2) is 0 Å². The molecule has 5 nitrogen and oxygen atoms in total. The molecule has 118 valence electrons. The third-order valence-corrected chi connectivity index (χ3v) is 3.73. The van der Waals surface area contributed by atoms with Gasteiger partial charge in [0.2, 0.25) is 17.7 Å². The normalized spacial score (nSPS) is 10.9. The smallest absolute Gasteiger partial charge is 0.247 e. The Hall–Kier alpha value is -2.17. The van der Waals surface area contributed by atoms with Gasteiger partial charge in [-0.1, -0.05) is 31.5 Å². The number of carbonyl (C=O) groups excluding carboxylic acids is 1. The van der Waals surface area contributed by atoms with Crippen LogP contribution in [0.2, 0.25) is 0 Å². The zero-order valence-corrected chi connectivity index (χ0v) is 13.4. The summed E-state index contributed by atoms with van der Waals surface area (Å²) in [7, 11) is 0. The molecule has 0 aliphatic heterocycles. The second-order valence-electron chi connectivity index (χ2n) is 5.42. The van der Waals surface area contributed by atoms with Crippen LogP contribution in [0.4, 0.5) is 0 Å². The van der Waals surface area contributed by atoms with Crippen LogP contribution < -0.4 is 5.32 Å². The second-order valence-corrected chi connectivity index (χ2v) is 5.42. The summed E-state index contributed by atoms with van der Waals surface area (Å²) >= 11 is 0. The minimum atomic E-state index is 0.0885. The van der Waals surface area contributed by atoms with Crippen LogP contribution in [-0.2, 0) is 11.2 Å². The van der Waals surface area contributed by atoms with Crippen LogP contribution >= 0.6 is 0 Å². The van der Waals surface area contributed by atoms with Gasteiger partial charge in [0.1, 0.15) is 0 Å². The van der Waals surface area contributed by atoms with Crippen molar-refractivity contribution in [3.8, 4) is 11.5 Å². The molecule has 0 atom stereocenters. The molecular formula is C17H23N3O2. The van der Waals surface area contributed by atoms with E-state index in [-0.39, 0.29) is 11.8 Å². The van der Waals surface area contributed by atoms with Gasteiger partial charge in [-0.3, -0.25) is 4.79 Å². The zero-order chi connectivity index (χ0) is 15.9. The van der Waals surface area contributed by atoms with Crippen molar-refractivity contribution in [3.63, 3.8) is 0 Å². The lowest BCUT2D eigenvalue weighted by atomic mass is 10.0. The van der Waals surface area contributed by atoms with Crippen molar-refractivity contribution in [1.29, 1.82) is 0 Å². The van der Waals surface area contributed by atoms with Crippen LogP contribution in [0, 0.1) is 12.8 Å². The predicted molar refractivity (Wildman–Crippen MR) is 85.3 cm³/mol. The van der Waals surface area contributed by atoms with Gasteiger partial charge >= 0.3 is 0 Å². The molecule has 0 saturated heterocycles. The number of nitrogens with one attached hydrogen (secondary N) is 1. The summed E-state index contributed by atoms with van der Waals surface area (Å²) in [4.78, 5) is 11.9. The molecule has 2 aromatic rings. The Morgan fingerprint density at radius 1 is 1.27 bits per heavy atom. The Bertz CT molecular complexity index is 618. The highest BCUT2D eigenvalue weighted by atomic mass is 16.4. The van der Waals surface area contributed by atoms with E-state index in [1.807, 2.05) is 45.0 Å². The Morgan fingerprint density at radius 2 is 2.05 bits per heavy atom. The van der Waals surface area contributed by atoms with Crippen LogP contribution in [0.1, 0.15) is 38.1 Å². The maximum absolute atomic E-state index is 11.9. The van der Waals surface area contributed by atoms with E-state index in [0.29, 0.717) is 24.7 Å². The van der Waals surface area contributed by atoms with E-state index in [1.54, 1.807) is 0 Å². The van der Waals surface area contributed by atoms with Crippen molar-refractivity contribution < 1.29 is 9.21 Å². The van der Waals surface area contributed by atoms with Gasteiger partial charge in [-0.2, -0.15) is 0 Å². The highest BCUT2D eigenvalue weighted by molar-refractivity contribution is 5.78. The fourth-order valence-corrected chi connectivity index (χ4v) is 2.35. The molecule has 0 spiro atoms. The largest absolute Gasteiger partial charge is 0.421 e. The summed E-state index contributed by atoms with van der Waals surface area (Å²) in [6.45, 7) is 6.60. The Balaban J connectivity index is 1.89. The minimum absolute atomic E-state index is 0.0885. The summed E-state index contributed by atoms with van der Waals surface area (Å²) in [6.07, 6.45) is 2.27. The van der Waals surface area contributed by atoms with E-state index >= 15 is 0 Å². The third kappa shape index (κ3) is 4.16. The standard InChI is InChI=1S/C17H23N3O2/c1-4-13(5-2)16(21)18-10-9-15-19-20-17(22-15)14-8-6-7-12(3)11-14/h6-8,11,13H,4-5,9-10H2,1-3H3,(H,18,21). The van der Waals surface area contributed by atoms with Gasteiger partial charge in [0, 0.05) is 24.4 Å². The number of nitrogens with zero attached hydrogens (tertiary/aromatic N) is 2. The molecule has 0 aliphatic rings. The number of aromatic nitrogens is 2. The van der Waals surface area contributed by atoms with E-state index in [9.17, 15) is 4.79 Å². The van der Waals surface area contributed by atoms with Crippen LogP contribution in [0.5, 0.6) is 0 Å². The van der Waals surface area contributed by atoms with Crippen LogP contribution in [-0.4, -0.2) is 22.6 Å². The summed E-state index contributed by atoms with van der Waals surface area (Å²) in [6, 6.07) is 7.93. The first-order chi connectivity index (χ1) is 10.6. The number of hydrogen-bond donors (Lipinski definition) is 1. The summed E-state index contributed by atoms with van der Waals surface area (Å²) in [5.74, 6) is 1.25. The lowest BCUT2D eigenvalue weighted by Gasteiger charge is -2.11. The molecule has 5 heteroatoms. The third-order valence-electron chi connectivity index (χ3n) is 3.73. The van der Waals surface area contributed by atoms with Crippen molar-refractivity contribution in [2.24, 2.45) is 5.92 Å². The first kappa shape index (κ1) is 16.2. The molecule has 2 rings (SSSR count). The molecule has 1 aromatic carbocycles. The highest BCUT2D eigenvalue weighted by Gasteiger charge is 2.14. The lowest BCUT2D eigenvalue weighted by molar-refractivity contribution is -0.125. The average Bonchev–Trinajstić information content (AvgIpc) is 2.97. The molecule has 1 N–H and O–H groups in total. The summed E-state index contributed by atoms with van der Waals surface area (Å²) in [5, 5.41) is 11.0. The SMILES string of the molecule is CCC(CC)C(=O)NCCc1nnc(-c2cccc(C)c2)o1. The van der Waals surface area contributed by atoms with Gasteiger partial charge in [0.25, 0.3) is 0 Å². The number of hydrogen-bond acceptors (Lipinski definition) is 4. The van der Waals surface area contributed by atoms with Crippen LogP contribution in [0.15, 0.2) is 28.7 Å². The van der Waals surface area contributed by atoms with Crippen LogP contribution in [0.25, 0.3) is 11.5 Å². The van der Waals surface area contributed by atoms with Gasteiger partial charge in [0.05, 0.1) is 0 Å². The van der Waals surface area contributed by atoms with E-state index in [4.69, 9.17) is 4.42 Å². The second kappa shape index (κ2) is 7.73. The number of rotatable bonds is 7. The lowest BCUT2D eigenvalue weighted by Crippen LogP contribution is -2.31. The van der Waals surface area contributed by atoms with Gasteiger partial charge in [-0.15, -0.1) is 10.2 Å². The first-order valence-electron chi connectivity index (χ1n) is 7.81. The monoisotopic (exact) mass is 301 g/mol. The summed E-state index contributed by atoms with van der Waals surface area (Å²) < 4.78 is 5.65. The molecule has 0 unspecified atom stereocenters. The molecular weight excluding hydrogens is 278 g/mol. The number of aryl methyl sites for hydroxylation is 1. The minimum Gasteiger partial charge on any atom is -0.421 e. The molecule has 0 radical (unpaired) electrons. The predicted octanol–water partition coefficient (Wildman–Crippen LogP) is 3.14. The first-order valence-corrected chi connectivity index (χ1v) is 7.81. The van der Waals surface area contributed by atoms with Crippen molar-refractivity contribution in [3.05, 3.63) is 35.7 Å². The Labute approximate surface area is 131 Å². The average molecular weight is 301 g/mol. The van der Waals surface area contributed by atoms with Crippen LogP contribution in [0.3, 0.4) is 0 Å². The molecule has 1 heterocycles. The van der Waals surface area contributed by atoms with E-state index in [2.05, 4.69) is 15.5 Å². The van der Waals surface area contributed by atoms with E-state index in [1.165, 1.54) is 0 Å². The number of amides is 1. The fourth-order valence-electron chi connectivity index (χ4n) is 2.35. The van der Waals surface area contributed by atoms with E-state index < -0.39 is 0 Å². The van der Waals surface area contributed by atoms with Crippen molar-refractivity contribution in [2.45, 2.75) is 40.0 Å².